The van der Waals surface area contributed by atoms with E-state index in [9.17, 15) is 31.9 Å². The first-order valence-electron chi connectivity index (χ1n) is 12.5. The zero-order chi connectivity index (χ0) is 28.6. The SMILES string of the molecule is CN(/C=C(\C(=N)C(F)(F)F)C(=O)NCCNC(=O)C1CCC(C(=O)c2ccccc2)CC1)c1cccc(F)c1. The predicted molar refractivity (Wildman–Crippen MR) is 139 cm³/mol. The molecule has 0 bridgehead atoms. The number of nitrogens with zero attached hydrogens (tertiary/aromatic N) is 1. The topological polar surface area (TPSA) is 102 Å². The first-order chi connectivity index (χ1) is 18.5. The largest absolute Gasteiger partial charge is 0.433 e. The van der Waals surface area contributed by atoms with E-state index in [4.69, 9.17) is 5.41 Å². The van der Waals surface area contributed by atoms with E-state index in [0.717, 1.165) is 23.2 Å². The molecule has 1 aliphatic carbocycles. The number of hydrogen-bond acceptors (Lipinski definition) is 5. The van der Waals surface area contributed by atoms with Crippen LogP contribution in [-0.4, -0.2) is 49.6 Å². The molecule has 3 N–H and O–H groups in total. The fraction of sp³-hybridized carbons (Fsp3) is 0.357. The van der Waals surface area contributed by atoms with E-state index in [0.29, 0.717) is 31.2 Å². The quantitative estimate of drug-likeness (QED) is 0.133. The van der Waals surface area contributed by atoms with Crippen molar-refractivity contribution in [3.8, 4) is 0 Å². The van der Waals surface area contributed by atoms with Gasteiger partial charge in [0.1, 0.15) is 11.5 Å². The van der Waals surface area contributed by atoms with E-state index in [2.05, 4.69) is 10.6 Å². The van der Waals surface area contributed by atoms with Crippen LogP contribution in [0, 0.1) is 23.1 Å². The third kappa shape index (κ3) is 8.23. The number of carbonyl (C=O) groups is 3. The number of Topliss-reactive ketones (excluding diaryl/α,β-unsaturated/α-hetero) is 1. The fourth-order valence-corrected chi connectivity index (χ4v) is 4.41. The molecule has 0 atom stereocenters. The number of ketones is 1. The molecule has 3 rings (SSSR count). The van der Waals surface area contributed by atoms with Crippen LogP contribution in [0.3, 0.4) is 0 Å². The maximum absolute atomic E-state index is 13.5. The van der Waals surface area contributed by atoms with Crippen molar-refractivity contribution < 1.29 is 31.9 Å². The molecule has 0 unspecified atom stereocenters. The molecule has 2 amide bonds. The number of hydrogen-bond donors (Lipinski definition) is 3. The van der Waals surface area contributed by atoms with Gasteiger partial charge in [0.2, 0.25) is 5.91 Å². The lowest BCUT2D eigenvalue weighted by atomic mass is 9.78. The van der Waals surface area contributed by atoms with Crippen LogP contribution < -0.4 is 15.5 Å². The Labute approximate surface area is 223 Å². The number of amides is 2. The molecule has 0 heterocycles. The highest BCUT2D eigenvalue weighted by Crippen LogP contribution is 2.31. The van der Waals surface area contributed by atoms with E-state index >= 15 is 0 Å². The number of halogens is 4. The van der Waals surface area contributed by atoms with E-state index in [-0.39, 0.29) is 42.3 Å². The number of nitrogens with one attached hydrogen (secondary N) is 3. The summed E-state index contributed by atoms with van der Waals surface area (Å²) in [5.41, 5.74) is -1.98. The maximum Gasteiger partial charge on any atom is 0.433 e. The third-order valence-corrected chi connectivity index (χ3v) is 6.57. The van der Waals surface area contributed by atoms with Gasteiger partial charge >= 0.3 is 6.18 Å². The number of benzene rings is 2. The van der Waals surface area contributed by atoms with Crippen molar-refractivity contribution in [1.82, 2.24) is 10.6 Å². The first kappa shape index (κ1) is 29.5. The second-order valence-electron chi connectivity index (χ2n) is 9.33. The molecule has 208 valence electrons. The Morgan fingerprint density at radius 1 is 0.949 bits per heavy atom. The predicted octanol–water partition coefficient (Wildman–Crippen LogP) is 4.65. The van der Waals surface area contributed by atoms with Crippen LogP contribution in [0.15, 0.2) is 66.4 Å². The highest BCUT2D eigenvalue weighted by molar-refractivity contribution is 6.22. The summed E-state index contributed by atoms with van der Waals surface area (Å²) >= 11 is 0. The monoisotopic (exact) mass is 546 g/mol. The van der Waals surface area contributed by atoms with Gasteiger partial charge in [-0.25, -0.2) is 4.39 Å². The Morgan fingerprint density at radius 2 is 1.56 bits per heavy atom. The summed E-state index contributed by atoms with van der Waals surface area (Å²) in [6, 6.07) is 14.0. The Bertz CT molecular complexity index is 1220. The van der Waals surface area contributed by atoms with Crippen molar-refractivity contribution in [3.05, 3.63) is 77.8 Å². The summed E-state index contributed by atoms with van der Waals surface area (Å²) in [7, 11) is 1.33. The summed E-state index contributed by atoms with van der Waals surface area (Å²) in [4.78, 5) is 38.9. The Hall–Kier alpha value is -4.02. The van der Waals surface area contributed by atoms with Crippen molar-refractivity contribution in [3.63, 3.8) is 0 Å². The van der Waals surface area contributed by atoms with Gasteiger partial charge in [-0.3, -0.25) is 19.8 Å². The molecule has 2 aromatic rings. The molecule has 39 heavy (non-hydrogen) atoms. The maximum atomic E-state index is 13.5. The number of alkyl halides is 3. The lowest BCUT2D eigenvalue weighted by Crippen LogP contribution is -2.41. The molecular formula is C28H30F4N4O3. The average Bonchev–Trinajstić information content (AvgIpc) is 2.93. The van der Waals surface area contributed by atoms with Crippen molar-refractivity contribution in [2.75, 3.05) is 25.0 Å². The second-order valence-corrected chi connectivity index (χ2v) is 9.33. The summed E-state index contributed by atoms with van der Waals surface area (Å²) in [6.07, 6.45) is -2.05. The molecule has 0 spiro atoms. The first-order valence-corrected chi connectivity index (χ1v) is 12.5. The zero-order valence-corrected chi connectivity index (χ0v) is 21.4. The van der Waals surface area contributed by atoms with Crippen LogP contribution in [0.5, 0.6) is 0 Å². The molecule has 2 aromatic carbocycles. The molecule has 11 heteroatoms. The van der Waals surface area contributed by atoms with Crippen LogP contribution in [0.2, 0.25) is 0 Å². The summed E-state index contributed by atoms with van der Waals surface area (Å²) in [5.74, 6) is -2.40. The van der Waals surface area contributed by atoms with E-state index in [1.165, 1.54) is 19.2 Å². The molecule has 0 aromatic heterocycles. The average molecular weight is 547 g/mol. The Kier molecular flexibility index (Phi) is 9.97. The normalized spacial score (nSPS) is 17.7. The highest BCUT2D eigenvalue weighted by atomic mass is 19.4. The smallest absolute Gasteiger partial charge is 0.354 e. The van der Waals surface area contributed by atoms with Crippen molar-refractivity contribution in [2.45, 2.75) is 31.9 Å². The Morgan fingerprint density at radius 3 is 2.18 bits per heavy atom. The molecule has 1 saturated carbocycles. The van der Waals surface area contributed by atoms with Crippen LogP contribution in [-0.2, 0) is 9.59 Å². The van der Waals surface area contributed by atoms with Gasteiger partial charge in [0, 0.05) is 49.4 Å². The van der Waals surface area contributed by atoms with Crippen LogP contribution in [0.1, 0.15) is 36.0 Å². The van der Waals surface area contributed by atoms with Gasteiger partial charge in [-0.1, -0.05) is 36.4 Å². The summed E-state index contributed by atoms with van der Waals surface area (Å²) < 4.78 is 53.2. The molecule has 0 aliphatic heterocycles. The van der Waals surface area contributed by atoms with E-state index in [1.54, 1.807) is 24.3 Å². The van der Waals surface area contributed by atoms with Crippen LogP contribution in [0.4, 0.5) is 23.2 Å². The van der Waals surface area contributed by atoms with Gasteiger partial charge in [-0.15, -0.1) is 0 Å². The minimum atomic E-state index is -5.08. The summed E-state index contributed by atoms with van der Waals surface area (Å²) in [5, 5.41) is 12.4. The van der Waals surface area contributed by atoms with Crippen molar-refractivity contribution in [1.29, 1.82) is 5.41 Å². The summed E-state index contributed by atoms with van der Waals surface area (Å²) in [6.45, 7) is -0.196. The Balaban J connectivity index is 1.51. The third-order valence-electron chi connectivity index (χ3n) is 6.57. The van der Waals surface area contributed by atoms with Gasteiger partial charge in [-0.2, -0.15) is 13.2 Å². The zero-order valence-electron chi connectivity index (χ0n) is 21.4. The molecule has 1 fully saturated rings. The van der Waals surface area contributed by atoms with Crippen molar-refractivity contribution in [2.24, 2.45) is 11.8 Å². The molecule has 0 radical (unpaired) electrons. The number of rotatable bonds is 10. The fourth-order valence-electron chi connectivity index (χ4n) is 4.41. The van der Waals surface area contributed by atoms with E-state index < -0.39 is 29.2 Å². The van der Waals surface area contributed by atoms with Crippen molar-refractivity contribution >= 4 is 29.0 Å². The number of anilines is 1. The van der Waals surface area contributed by atoms with E-state index in [1.807, 2.05) is 6.07 Å². The second kappa shape index (κ2) is 13.2. The molecule has 7 nitrogen and oxygen atoms in total. The minimum Gasteiger partial charge on any atom is -0.354 e. The van der Waals surface area contributed by atoms with Gasteiger partial charge < -0.3 is 15.5 Å². The number of carbonyl (C=O) groups excluding carboxylic acids is 3. The van der Waals surface area contributed by atoms with Gasteiger partial charge in [-0.05, 0) is 43.9 Å². The minimum absolute atomic E-state index is 0.0280. The van der Waals surface area contributed by atoms with Gasteiger partial charge in [0.15, 0.2) is 5.78 Å². The lowest BCUT2D eigenvalue weighted by Gasteiger charge is -2.27. The van der Waals surface area contributed by atoms with Gasteiger partial charge in [0.25, 0.3) is 5.91 Å². The molecular weight excluding hydrogens is 516 g/mol. The molecule has 1 aliphatic rings. The standard InChI is InChI=1S/C28H30F4N4O3/c1-36(22-9-5-8-21(29)16-22)17-23(25(33)28(30,31)32)27(39)35-15-14-34-26(38)20-12-10-19(11-13-20)24(37)18-6-3-2-4-7-18/h2-9,16-17,19-20,33H,10-15H2,1H3,(H,34,38)(H,35,39)/b23-17+,33-25?. The highest BCUT2D eigenvalue weighted by Gasteiger charge is 2.39. The van der Waals surface area contributed by atoms with Gasteiger partial charge in [0.05, 0.1) is 5.57 Å². The van der Waals surface area contributed by atoms with Crippen LogP contribution >= 0.6 is 0 Å². The lowest BCUT2D eigenvalue weighted by molar-refractivity contribution is -0.126. The molecule has 0 saturated heterocycles. The van der Waals surface area contributed by atoms with Crippen LogP contribution in [0.25, 0.3) is 0 Å².